The molecule has 1 aliphatic heterocycles. The molecule has 0 saturated carbocycles. The van der Waals surface area contributed by atoms with E-state index in [1.807, 2.05) is 0 Å². The van der Waals surface area contributed by atoms with Crippen molar-refractivity contribution in [3.63, 3.8) is 0 Å². The molecule has 0 radical (unpaired) electrons. The second kappa shape index (κ2) is 9.33. The van der Waals surface area contributed by atoms with Crippen molar-refractivity contribution < 1.29 is 27.8 Å². The van der Waals surface area contributed by atoms with Crippen molar-refractivity contribution in [2.75, 3.05) is 43.5 Å². The highest BCUT2D eigenvalue weighted by molar-refractivity contribution is 5.95. The van der Waals surface area contributed by atoms with Crippen LogP contribution in [-0.4, -0.2) is 49.6 Å². The number of anilines is 2. The van der Waals surface area contributed by atoms with Crippen LogP contribution >= 0.6 is 0 Å². The van der Waals surface area contributed by atoms with E-state index in [4.69, 9.17) is 9.47 Å². The van der Waals surface area contributed by atoms with Crippen molar-refractivity contribution in [2.24, 2.45) is 0 Å². The molecule has 0 fully saturated rings. The highest BCUT2D eigenvalue weighted by atomic mass is 19.1. The number of ether oxygens (including phenoxy) is 2. The maximum Gasteiger partial charge on any atom is 0.238 e. The molecule has 2 aromatic rings. The minimum absolute atomic E-state index is 0.0374. The Bertz CT molecular complexity index is 907. The summed E-state index contributed by atoms with van der Waals surface area (Å²) in [6, 6.07) is 7.98. The standard InChI is InChI=1S/C20H21F2N3O4/c1-2-25(12-20(27)24-16-5-3-13(21)9-15(16)22)11-19(26)23-14-4-6-17-18(10-14)29-8-7-28-17/h3-6,9-10H,2,7-8,11-12H2,1H3,(H,23,26)(H,24,27). The van der Waals surface area contributed by atoms with Gasteiger partial charge in [0.2, 0.25) is 11.8 Å². The van der Waals surface area contributed by atoms with Gasteiger partial charge in [-0.25, -0.2) is 8.78 Å². The van der Waals surface area contributed by atoms with Gasteiger partial charge < -0.3 is 20.1 Å². The van der Waals surface area contributed by atoms with E-state index >= 15 is 0 Å². The molecule has 0 unspecified atom stereocenters. The maximum absolute atomic E-state index is 13.7. The highest BCUT2D eigenvalue weighted by Gasteiger charge is 2.16. The summed E-state index contributed by atoms with van der Waals surface area (Å²) in [6.07, 6.45) is 0. The van der Waals surface area contributed by atoms with Gasteiger partial charge in [0.05, 0.1) is 18.8 Å². The molecule has 2 amide bonds. The van der Waals surface area contributed by atoms with Crippen LogP contribution in [0.25, 0.3) is 0 Å². The fraction of sp³-hybridized carbons (Fsp3) is 0.300. The van der Waals surface area contributed by atoms with Crippen LogP contribution < -0.4 is 20.1 Å². The van der Waals surface area contributed by atoms with Crippen molar-refractivity contribution in [1.82, 2.24) is 4.90 Å². The second-order valence-corrected chi connectivity index (χ2v) is 6.38. The summed E-state index contributed by atoms with van der Waals surface area (Å²) in [4.78, 5) is 26.1. The number of likely N-dealkylation sites (N-methyl/N-ethyl adjacent to an activating group) is 1. The van der Waals surface area contributed by atoms with E-state index in [1.165, 1.54) is 0 Å². The smallest absolute Gasteiger partial charge is 0.238 e. The first-order valence-electron chi connectivity index (χ1n) is 9.11. The number of carbonyl (C=O) groups excluding carboxylic acids is 2. The maximum atomic E-state index is 13.7. The largest absolute Gasteiger partial charge is 0.486 e. The molecule has 0 bridgehead atoms. The quantitative estimate of drug-likeness (QED) is 0.740. The van der Waals surface area contributed by atoms with Crippen molar-refractivity contribution in [1.29, 1.82) is 0 Å². The summed E-state index contributed by atoms with van der Waals surface area (Å²) >= 11 is 0. The van der Waals surface area contributed by atoms with Crippen LogP contribution in [-0.2, 0) is 9.59 Å². The Morgan fingerprint density at radius 1 is 0.966 bits per heavy atom. The van der Waals surface area contributed by atoms with Gasteiger partial charge in [0.25, 0.3) is 0 Å². The van der Waals surface area contributed by atoms with Gasteiger partial charge in [0.1, 0.15) is 24.8 Å². The van der Waals surface area contributed by atoms with Gasteiger partial charge in [-0.15, -0.1) is 0 Å². The molecule has 0 aliphatic carbocycles. The topological polar surface area (TPSA) is 79.9 Å². The normalized spacial score (nSPS) is 12.6. The Labute approximate surface area is 166 Å². The fourth-order valence-corrected chi connectivity index (χ4v) is 2.79. The first-order chi connectivity index (χ1) is 13.9. The van der Waals surface area contributed by atoms with Gasteiger partial charge in [-0.2, -0.15) is 0 Å². The van der Waals surface area contributed by atoms with Crippen LogP contribution in [0.15, 0.2) is 36.4 Å². The zero-order valence-electron chi connectivity index (χ0n) is 15.8. The van der Waals surface area contributed by atoms with Gasteiger partial charge in [-0.05, 0) is 30.8 Å². The van der Waals surface area contributed by atoms with Crippen LogP contribution in [0.5, 0.6) is 11.5 Å². The highest BCUT2D eigenvalue weighted by Crippen LogP contribution is 2.32. The predicted molar refractivity (Wildman–Crippen MR) is 103 cm³/mol. The number of amides is 2. The summed E-state index contributed by atoms with van der Waals surface area (Å²) in [5, 5.41) is 5.12. The lowest BCUT2D eigenvalue weighted by Gasteiger charge is -2.21. The Balaban J connectivity index is 1.53. The number of benzene rings is 2. The van der Waals surface area contributed by atoms with E-state index in [0.29, 0.717) is 43.0 Å². The molecule has 1 aliphatic rings. The van der Waals surface area contributed by atoms with Crippen molar-refractivity contribution in [2.45, 2.75) is 6.92 Å². The zero-order chi connectivity index (χ0) is 20.8. The Kier molecular flexibility index (Phi) is 6.61. The first-order valence-corrected chi connectivity index (χ1v) is 9.11. The number of hydrogen-bond donors (Lipinski definition) is 2. The molecule has 29 heavy (non-hydrogen) atoms. The number of carbonyl (C=O) groups is 2. The van der Waals surface area contributed by atoms with Crippen LogP contribution in [0.2, 0.25) is 0 Å². The third-order valence-electron chi connectivity index (χ3n) is 4.21. The first kappa shape index (κ1) is 20.5. The third-order valence-corrected chi connectivity index (χ3v) is 4.21. The van der Waals surface area contributed by atoms with Crippen LogP contribution in [0.1, 0.15) is 6.92 Å². The van der Waals surface area contributed by atoms with Gasteiger partial charge in [0, 0.05) is 17.8 Å². The summed E-state index contributed by atoms with van der Waals surface area (Å²) in [6.45, 7) is 2.98. The Morgan fingerprint density at radius 3 is 2.34 bits per heavy atom. The van der Waals surface area contributed by atoms with E-state index in [0.717, 1.165) is 12.1 Å². The van der Waals surface area contributed by atoms with Gasteiger partial charge in [0.15, 0.2) is 11.5 Å². The molecule has 154 valence electrons. The SMILES string of the molecule is CCN(CC(=O)Nc1ccc2c(c1)OCCO2)CC(=O)Nc1ccc(F)cc1F. The molecule has 0 atom stereocenters. The van der Waals surface area contributed by atoms with Crippen LogP contribution in [0, 0.1) is 11.6 Å². The van der Waals surface area contributed by atoms with Crippen LogP contribution in [0.4, 0.5) is 20.2 Å². The van der Waals surface area contributed by atoms with Crippen molar-refractivity contribution in [3.8, 4) is 11.5 Å². The number of rotatable bonds is 7. The number of nitrogens with zero attached hydrogens (tertiary/aromatic N) is 1. The molecule has 0 aromatic heterocycles. The van der Waals surface area contributed by atoms with E-state index in [-0.39, 0.29) is 24.7 Å². The predicted octanol–water partition coefficient (Wildman–Crippen LogP) is 2.64. The molecule has 1 heterocycles. The summed E-state index contributed by atoms with van der Waals surface area (Å²) in [7, 11) is 0. The van der Waals surface area contributed by atoms with E-state index in [9.17, 15) is 18.4 Å². The van der Waals surface area contributed by atoms with Gasteiger partial charge >= 0.3 is 0 Å². The average Bonchev–Trinajstić information content (AvgIpc) is 2.69. The lowest BCUT2D eigenvalue weighted by atomic mass is 10.2. The zero-order valence-corrected chi connectivity index (χ0v) is 15.8. The molecular formula is C20H21F2N3O4. The minimum atomic E-state index is -0.863. The van der Waals surface area contributed by atoms with E-state index in [2.05, 4.69) is 10.6 Å². The van der Waals surface area contributed by atoms with Crippen LogP contribution in [0.3, 0.4) is 0 Å². The summed E-state index contributed by atoms with van der Waals surface area (Å²) in [5.74, 6) is -1.24. The molecule has 2 aromatic carbocycles. The number of nitrogens with one attached hydrogen (secondary N) is 2. The molecule has 3 rings (SSSR count). The molecule has 7 nitrogen and oxygen atoms in total. The van der Waals surface area contributed by atoms with E-state index in [1.54, 1.807) is 30.0 Å². The molecule has 0 saturated heterocycles. The molecule has 2 N–H and O–H groups in total. The van der Waals surface area contributed by atoms with Gasteiger partial charge in [-0.1, -0.05) is 6.92 Å². The molecule has 0 spiro atoms. The Morgan fingerprint density at radius 2 is 1.66 bits per heavy atom. The molecular weight excluding hydrogens is 384 g/mol. The monoisotopic (exact) mass is 405 g/mol. The minimum Gasteiger partial charge on any atom is -0.486 e. The van der Waals surface area contributed by atoms with Crippen molar-refractivity contribution in [3.05, 3.63) is 48.0 Å². The number of fused-ring (bicyclic) bond motifs is 1. The van der Waals surface area contributed by atoms with E-state index < -0.39 is 17.5 Å². The number of hydrogen-bond acceptors (Lipinski definition) is 5. The lowest BCUT2D eigenvalue weighted by Crippen LogP contribution is -2.38. The molecule has 9 heteroatoms. The third kappa shape index (κ3) is 5.64. The second-order valence-electron chi connectivity index (χ2n) is 6.38. The number of halogens is 2. The fourth-order valence-electron chi connectivity index (χ4n) is 2.79. The van der Waals surface area contributed by atoms with Gasteiger partial charge in [-0.3, -0.25) is 14.5 Å². The summed E-state index contributed by atoms with van der Waals surface area (Å²) < 4.78 is 37.5. The van der Waals surface area contributed by atoms with Crippen molar-refractivity contribution >= 4 is 23.2 Å². The average molecular weight is 405 g/mol. The summed E-state index contributed by atoms with van der Waals surface area (Å²) in [5.41, 5.74) is 0.432. The Hall–Kier alpha value is -3.20. The lowest BCUT2D eigenvalue weighted by molar-refractivity contribution is -0.119.